The van der Waals surface area contributed by atoms with E-state index in [4.69, 9.17) is 10.6 Å². The molecule has 5 amide bonds. The monoisotopic (exact) mass is 602 g/mol. The fourth-order valence-corrected chi connectivity index (χ4v) is 6.74. The molecule has 4 fully saturated rings. The van der Waals surface area contributed by atoms with Crippen molar-refractivity contribution in [3.8, 4) is 0 Å². The number of nitrogens with two attached hydrogens (primary N) is 1. The van der Waals surface area contributed by atoms with E-state index in [9.17, 15) is 24.0 Å². The summed E-state index contributed by atoms with van der Waals surface area (Å²) >= 11 is 0. The molecule has 12 nitrogen and oxygen atoms in total. The first-order valence-electron chi connectivity index (χ1n) is 15.6. The molecule has 1 unspecified atom stereocenters. The van der Waals surface area contributed by atoms with Crippen LogP contribution in [0.15, 0.2) is 5.16 Å². The smallest absolute Gasteiger partial charge is 0.315 e. The highest BCUT2D eigenvalue weighted by atomic mass is 16.6. The number of Topliss-reactive ketones (excluding diaryl/α,β-unsaturated/α-hetero) is 1. The van der Waals surface area contributed by atoms with Crippen molar-refractivity contribution in [2.24, 2.45) is 51.3 Å². The van der Waals surface area contributed by atoms with Gasteiger partial charge in [0.2, 0.25) is 17.6 Å². The van der Waals surface area contributed by atoms with E-state index >= 15 is 0 Å². The van der Waals surface area contributed by atoms with Crippen LogP contribution in [0.2, 0.25) is 0 Å². The second kappa shape index (κ2) is 12.1. The van der Waals surface area contributed by atoms with Crippen LogP contribution in [-0.4, -0.2) is 78.0 Å². The van der Waals surface area contributed by atoms with E-state index in [1.54, 1.807) is 4.90 Å². The summed E-state index contributed by atoms with van der Waals surface area (Å²) in [5.41, 5.74) is 5.24. The molecule has 12 heteroatoms. The first kappa shape index (κ1) is 32.7. The molecule has 4 rings (SSSR count). The second-order valence-electron chi connectivity index (χ2n) is 15.0. The van der Waals surface area contributed by atoms with Crippen molar-refractivity contribution in [2.75, 3.05) is 13.7 Å². The van der Waals surface area contributed by atoms with Crippen LogP contribution in [-0.2, 0) is 24.0 Å². The molecule has 0 aromatic carbocycles. The lowest BCUT2D eigenvalue weighted by atomic mass is 9.85. The van der Waals surface area contributed by atoms with Crippen molar-refractivity contribution in [3.05, 3.63) is 0 Å². The van der Waals surface area contributed by atoms with Crippen LogP contribution in [0.5, 0.6) is 0 Å². The van der Waals surface area contributed by atoms with E-state index in [2.05, 4.69) is 35.0 Å². The van der Waals surface area contributed by atoms with Crippen LogP contribution >= 0.6 is 0 Å². The van der Waals surface area contributed by atoms with E-state index in [0.29, 0.717) is 13.0 Å². The first-order valence-corrected chi connectivity index (χ1v) is 15.6. The number of likely N-dealkylation sites (tertiary alicyclic amines) is 1. The van der Waals surface area contributed by atoms with Gasteiger partial charge in [-0.2, -0.15) is 0 Å². The van der Waals surface area contributed by atoms with Gasteiger partial charge in [0.05, 0.1) is 17.8 Å². The van der Waals surface area contributed by atoms with Crippen LogP contribution in [0.25, 0.3) is 0 Å². The maximum atomic E-state index is 14.2. The molecule has 3 saturated carbocycles. The third kappa shape index (κ3) is 7.15. The van der Waals surface area contributed by atoms with Crippen LogP contribution < -0.4 is 21.7 Å². The summed E-state index contributed by atoms with van der Waals surface area (Å²) in [4.78, 5) is 72.4. The maximum absolute atomic E-state index is 14.2. The van der Waals surface area contributed by atoms with Crippen molar-refractivity contribution in [1.29, 1.82) is 0 Å². The Bertz CT molecular complexity index is 1170. The standard InChI is InChI=1S/C31H50N6O6/c1-15(2)21(22(36-43-8)17-11-12-17)34-29(42)35-25(30(3,4)5)28(41)37-14-18-20(31(18,6)7)23(37)27(40)33-19(13-16-9-10-16)24(38)26(32)39/h15-21,23,25H,9-14H2,1-8H3,(H2,32,39)(H,33,40)(H2,34,35,42)/t18-,19?,20-,21-,23-,25+/m0/s1. The summed E-state index contributed by atoms with van der Waals surface area (Å²) in [6.07, 6.45) is 4.19. The summed E-state index contributed by atoms with van der Waals surface area (Å²) in [6.45, 7) is 14.1. The number of rotatable bonds is 13. The number of carbonyl (C=O) groups excluding carboxylic acids is 5. The van der Waals surface area contributed by atoms with Gasteiger partial charge in [0.15, 0.2) is 0 Å². The van der Waals surface area contributed by atoms with Crippen molar-refractivity contribution in [2.45, 2.75) is 105 Å². The SMILES string of the molecule is CON=C(C1CC1)[C@@H](NC(=O)N[C@H](C(=O)N1C[C@H]2[C@@H]([C@H]1C(=O)NC(CC1CC1)C(=O)C(N)=O)C2(C)C)C(C)(C)C)C(C)C. The third-order valence-corrected chi connectivity index (χ3v) is 9.75. The van der Waals surface area contributed by atoms with E-state index in [0.717, 1.165) is 31.4 Å². The van der Waals surface area contributed by atoms with Gasteiger partial charge < -0.3 is 31.4 Å². The lowest BCUT2D eigenvalue weighted by molar-refractivity contribution is -0.145. The number of piperidine rings is 1. The highest BCUT2D eigenvalue weighted by Gasteiger charge is 2.70. The average Bonchev–Trinajstić information content (AvgIpc) is 3.85. The first-order chi connectivity index (χ1) is 20.0. The van der Waals surface area contributed by atoms with Gasteiger partial charge in [-0.05, 0) is 53.8 Å². The number of primary amides is 1. The summed E-state index contributed by atoms with van der Waals surface area (Å²) < 4.78 is 0. The minimum atomic E-state index is -1.09. The van der Waals surface area contributed by atoms with Crippen molar-refractivity contribution in [1.82, 2.24) is 20.9 Å². The minimum Gasteiger partial charge on any atom is -0.399 e. The number of nitrogens with one attached hydrogen (secondary N) is 3. The van der Waals surface area contributed by atoms with Crippen LogP contribution in [0.3, 0.4) is 0 Å². The van der Waals surface area contributed by atoms with Crippen LogP contribution in [0.4, 0.5) is 4.79 Å². The van der Waals surface area contributed by atoms with Crippen molar-refractivity contribution in [3.63, 3.8) is 0 Å². The quantitative estimate of drug-likeness (QED) is 0.143. The Kier molecular flexibility index (Phi) is 9.19. The summed E-state index contributed by atoms with van der Waals surface area (Å²) in [6, 6.07) is -3.65. The molecule has 0 aromatic heterocycles. The zero-order chi connectivity index (χ0) is 32.0. The summed E-state index contributed by atoms with van der Waals surface area (Å²) in [5.74, 6) is -2.17. The fourth-order valence-electron chi connectivity index (χ4n) is 6.74. The molecule has 1 aliphatic heterocycles. The van der Waals surface area contributed by atoms with Gasteiger partial charge in [0.1, 0.15) is 19.2 Å². The lowest BCUT2D eigenvalue weighted by Gasteiger charge is -2.38. The van der Waals surface area contributed by atoms with E-state index in [1.165, 1.54) is 7.11 Å². The lowest BCUT2D eigenvalue weighted by Crippen LogP contribution is -2.62. The van der Waals surface area contributed by atoms with Crippen LogP contribution in [0, 0.1) is 40.4 Å². The molecule has 1 saturated heterocycles. The summed E-state index contributed by atoms with van der Waals surface area (Å²) in [5, 5.41) is 12.9. The molecule has 0 radical (unpaired) electrons. The van der Waals surface area contributed by atoms with Gasteiger partial charge in [0.25, 0.3) is 5.91 Å². The Morgan fingerprint density at radius 2 is 1.65 bits per heavy atom. The minimum absolute atomic E-state index is 0.0386. The van der Waals surface area contributed by atoms with E-state index < -0.39 is 47.2 Å². The highest BCUT2D eigenvalue weighted by Crippen LogP contribution is 2.65. The van der Waals surface area contributed by atoms with Gasteiger partial charge in [-0.25, -0.2) is 4.79 Å². The number of hydrogen-bond donors (Lipinski definition) is 4. The largest absolute Gasteiger partial charge is 0.399 e. The molecule has 5 N–H and O–H groups in total. The molecule has 1 heterocycles. The topological polar surface area (TPSA) is 172 Å². The second-order valence-corrected chi connectivity index (χ2v) is 15.0. The molecule has 0 aromatic rings. The maximum Gasteiger partial charge on any atom is 0.315 e. The zero-order valence-corrected chi connectivity index (χ0v) is 26.9. The molecule has 3 aliphatic carbocycles. The Morgan fingerprint density at radius 1 is 1.02 bits per heavy atom. The Hall–Kier alpha value is -3.18. The molecule has 6 atom stereocenters. The third-order valence-electron chi connectivity index (χ3n) is 9.75. The summed E-state index contributed by atoms with van der Waals surface area (Å²) in [7, 11) is 1.49. The zero-order valence-electron chi connectivity index (χ0n) is 26.9. The number of oxime groups is 1. The number of fused-ring (bicyclic) bond motifs is 1. The molecule has 4 aliphatic rings. The number of nitrogens with zero attached hydrogens (tertiary/aromatic N) is 2. The average molecular weight is 603 g/mol. The molecular weight excluding hydrogens is 552 g/mol. The van der Waals surface area contributed by atoms with Gasteiger partial charge in [-0.1, -0.05) is 66.5 Å². The van der Waals surface area contributed by atoms with Gasteiger partial charge in [-0.15, -0.1) is 0 Å². The molecule has 0 spiro atoms. The Morgan fingerprint density at radius 3 is 2.14 bits per heavy atom. The Balaban J connectivity index is 1.53. The number of urea groups is 1. The highest BCUT2D eigenvalue weighted by molar-refractivity contribution is 6.37. The van der Waals surface area contributed by atoms with Crippen molar-refractivity contribution < 1.29 is 28.8 Å². The van der Waals surface area contributed by atoms with E-state index in [1.807, 2.05) is 34.6 Å². The number of ketones is 1. The number of hydrogen-bond acceptors (Lipinski definition) is 7. The molecule has 43 heavy (non-hydrogen) atoms. The fraction of sp³-hybridized carbons (Fsp3) is 0.806. The molecule has 0 bridgehead atoms. The van der Waals surface area contributed by atoms with E-state index in [-0.39, 0.29) is 47.0 Å². The van der Waals surface area contributed by atoms with Gasteiger partial charge in [-0.3, -0.25) is 19.2 Å². The number of amides is 5. The van der Waals surface area contributed by atoms with Gasteiger partial charge >= 0.3 is 6.03 Å². The van der Waals surface area contributed by atoms with Crippen molar-refractivity contribution >= 4 is 35.2 Å². The number of carbonyl (C=O) groups is 5. The van der Waals surface area contributed by atoms with Gasteiger partial charge in [0, 0.05) is 12.5 Å². The predicted molar refractivity (Wildman–Crippen MR) is 160 cm³/mol. The Labute approximate surface area is 254 Å². The predicted octanol–water partition coefficient (Wildman–Crippen LogP) is 1.96. The van der Waals surface area contributed by atoms with Crippen LogP contribution in [0.1, 0.15) is 80.6 Å². The molecule has 240 valence electrons. The molecular formula is C31H50N6O6. The normalized spacial score (nSPS) is 26.6.